The number of hydrogen-bond acceptors (Lipinski definition) is 2. The monoisotopic (exact) mass is 253 g/mol. The van der Waals surface area contributed by atoms with Crippen molar-refractivity contribution in [3.05, 3.63) is 30.1 Å². The molecule has 4 heteroatoms. The van der Waals surface area contributed by atoms with Crippen LogP contribution in [-0.4, -0.2) is 33.9 Å². The number of aromatic amines is 1. The lowest BCUT2D eigenvalue weighted by Crippen LogP contribution is -2.48. The maximum absolute atomic E-state index is 11.7. The van der Waals surface area contributed by atoms with Crippen molar-refractivity contribution in [2.24, 2.45) is 0 Å². The summed E-state index contributed by atoms with van der Waals surface area (Å²) in [5, 5.41) is 0. The van der Waals surface area contributed by atoms with E-state index in [0.29, 0.717) is 18.8 Å². The van der Waals surface area contributed by atoms with Crippen LogP contribution in [0, 0.1) is 12.3 Å². The molecule has 0 spiro atoms. The number of rotatable bonds is 3. The van der Waals surface area contributed by atoms with Crippen molar-refractivity contribution in [3.8, 4) is 12.3 Å². The Bertz CT molecular complexity index is 614. The van der Waals surface area contributed by atoms with Crippen LogP contribution in [0.4, 0.5) is 0 Å². The van der Waals surface area contributed by atoms with Crippen LogP contribution in [0.5, 0.6) is 0 Å². The summed E-state index contributed by atoms with van der Waals surface area (Å²) in [7, 11) is 0. The van der Waals surface area contributed by atoms with E-state index < -0.39 is 0 Å². The Labute approximate surface area is 111 Å². The van der Waals surface area contributed by atoms with E-state index in [4.69, 9.17) is 6.42 Å². The number of carbonyl (C=O) groups excluding carboxylic acids is 1. The third-order valence-corrected chi connectivity index (χ3v) is 3.51. The minimum absolute atomic E-state index is 0.144. The molecule has 1 saturated heterocycles. The first-order chi connectivity index (χ1) is 9.28. The number of amides is 1. The number of benzene rings is 1. The van der Waals surface area contributed by atoms with Crippen LogP contribution < -0.4 is 0 Å². The highest BCUT2D eigenvalue weighted by Gasteiger charge is 2.33. The highest BCUT2D eigenvalue weighted by molar-refractivity contribution is 5.78. The molecule has 4 nitrogen and oxygen atoms in total. The summed E-state index contributed by atoms with van der Waals surface area (Å²) >= 11 is 0. The first kappa shape index (κ1) is 11.8. The highest BCUT2D eigenvalue weighted by atomic mass is 16.2. The molecular formula is C15H15N3O. The van der Waals surface area contributed by atoms with Gasteiger partial charge in [-0.25, -0.2) is 4.98 Å². The van der Waals surface area contributed by atoms with Gasteiger partial charge in [0.05, 0.1) is 17.0 Å². The summed E-state index contributed by atoms with van der Waals surface area (Å²) in [5.74, 6) is 3.94. The highest BCUT2D eigenvalue weighted by Crippen LogP contribution is 2.27. The van der Waals surface area contributed by atoms with Gasteiger partial charge in [0.2, 0.25) is 5.91 Å². The first-order valence-corrected chi connectivity index (χ1v) is 6.44. The molecule has 1 N–H and O–H groups in total. The van der Waals surface area contributed by atoms with Gasteiger partial charge in [0.25, 0.3) is 0 Å². The van der Waals surface area contributed by atoms with Gasteiger partial charge in [0, 0.05) is 25.9 Å². The molecule has 1 amide bonds. The number of likely N-dealkylation sites (tertiary alicyclic amines) is 1. The second-order valence-corrected chi connectivity index (χ2v) is 4.84. The Morgan fingerprint density at radius 3 is 3.00 bits per heavy atom. The van der Waals surface area contributed by atoms with Gasteiger partial charge in [0.1, 0.15) is 5.82 Å². The van der Waals surface area contributed by atoms with E-state index in [9.17, 15) is 4.79 Å². The Kier molecular flexibility index (Phi) is 2.96. The van der Waals surface area contributed by atoms with Gasteiger partial charge in [0.15, 0.2) is 0 Å². The topological polar surface area (TPSA) is 49.0 Å². The fourth-order valence-electron chi connectivity index (χ4n) is 2.36. The molecule has 1 aliphatic heterocycles. The number of hydrogen-bond donors (Lipinski definition) is 1. The number of H-pyrrole nitrogens is 1. The Morgan fingerprint density at radius 1 is 1.47 bits per heavy atom. The summed E-state index contributed by atoms with van der Waals surface area (Å²) in [4.78, 5) is 21.5. The van der Waals surface area contributed by atoms with E-state index in [1.807, 2.05) is 29.2 Å². The Morgan fingerprint density at radius 2 is 2.26 bits per heavy atom. The van der Waals surface area contributed by atoms with E-state index in [2.05, 4.69) is 15.9 Å². The minimum Gasteiger partial charge on any atom is -0.342 e. The normalized spacial score (nSPS) is 15.2. The summed E-state index contributed by atoms with van der Waals surface area (Å²) < 4.78 is 0. The van der Waals surface area contributed by atoms with Gasteiger partial charge in [-0.05, 0) is 12.1 Å². The van der Waals surface area contributed by atoms with Crippen LogP contribution in [0.15, 0.2) is 24.3 Å². The third kappa shape index (κ3) is 2.19. The number of carbonyl (C=O) groups is 1. The standard InChI is InChI=1S/C15H15N3O/c1-2-3-8-14(19)18-9-11(10-18)15-16-12-6-4-5-7-13(12)17-15/h1,4-7,11H,3,8-10H2,(H,16,17). The van der Waals surface area contributed by atoms with Gasteiger partial charge in [-0.3, -0.25) is 4.79 Å². The van der Waals surface area contributed by atoms with Crippen LogP contribution >= 0.6 is 0 Å². The number of nitrogens with zero attached hydrogens (tertiary/aromatic N) is 2. The van der Waals surface area contributed by atoms with Crippen molar-refractivity contribution in [2.45, 2.75) is 18.8 Å². The number of terminal acetylenes is 1. The van der Waals surface area contributed by atoms with E-state index in [0.717, 1.165) is 29.9 Å². The Hall–Kier alpha value is -2.28. The minimum atomic E-state index is 0.144. The van der Waals surface area contributed by atoms with Gasteiger partial charge < -0.3 is 9.88 Å². The fraction of sp³-hybridized carbons (Fsp3) is 0.333. The van der Waals surface area contributed by atoms with E-state index in [1.54, 1.807) is 0 Å². The molecule has 0 unspecified atom stereocenters. The maximum atomic E-state index is 11.7. The van der Waals surface area contributed by atoms with Gasteiger partial charge in [-0.2, -0.15) is 0 Å². The average molecular weight is 253 g/mol. The number of nitrogens with one attached hydrogen (secondary N) is 1. The summed E-state index contributed by atoms with van der Waals surface area (Å²) in [6.07, 6.45) is 6.13. The lowest BCUT2D eigenvalue weighted by molar-refractivity contribution is -0.135. The molecule has 19 heavy (non-hydrogen) atoms. The zero-order chi connectivity index (χ0) is 13.2. The molecule has 0 radical (unpaired) electrons. The van der Waals surface area contributed by atoms with Crippen LogP contribution in [0.25, 0.3) is 11.0 Å². The van der Waals surface area contributed by atoms with Gasteiger partial charge >= 0.3 is 0 Å². The molecule has 0 aliphatic carbocycles. The summed E-state index contributed by atoms with van der Waals surface area (Å²) in [6, 6.07) is 7.97. The lowest BCUT2D eigenvalue weighted by atomic mass is 9.99. The Balaban J connectivity index is 1.64. The quantitative estimate of drug-likeness (QED) is 0.849. The molecule has 0 saturated carbocycles. The zero-order valence-electron chi connectivity index (χ0n) is 10.6. The smallest absolute Gasteiger partial charge is 0.223 e. The van der Waals surface area contributed by atoms with Crippen molar-refractivity contribution >= 4 is 16.9 Å². The molecule has 96 valence electrons. The van der Waals surface area contributed by atoms with E-state index in [1.165, 1.54) is 0 Å². The number of fused-ring (bicyclic) bond motifs is 1. The average Bonchev–Trinajstić information content (AvgIpc) is 2.77. The lowest BCUT2D eigenvalue weighted by Gasteiger charge is -2.38. The molecule has 3 rings (SSSR count). The van der Waals surface area contributed by atoms with Gasteiger partial charge in [-0.1, -0.05) is 12.1 Å². The van der Waals surface area contributed by atoms with E-state index in [-0.39, 0.29) is 5.91 Å². The number of para-hydroxylation sites is 2. The van der Waals surface area contributed by atoms with Gasteiger partial charge in [-0.15, -0.1) is 12.3 Å². The number of aromatic nitrogens is 2. The largest absolute Gasteiger partial charge is 0.342 e. The second kappa shape index (κ2) is 4.77. The van der Waals surface area contributed by atoms with E-state index >= 15 is 0 Å². The molecule has 1 aromatic heterocycles. The first-order valence-electron chi connectivity index (χ1n) is 6.44. The summed E-state index contributed by atoms with van der Waals surface area (Å²) in [6.45, 7) is 1.48. The molecule has 0 bridgehead atoms. The number of imidazole rings is 1. The zero-order valence-corrected chi connectivity index (χ0v) is 10.6. The molecule has 2 heterocycles. The van der Waals surface area contributed by atoms with Crippen molar-refractivity contribution in [1.82, 2.24) is 14.9 Å². The van der Waals surface area contributed by atoms with Crippen LogP contribution in [0.2, 0.25) is 0 Å². The predicted molar refractivity (Wildman–Crippen MR) is 73.5 cm³/mol. The fourth-order valence-corrected chi connectivity index (χ4v) is 2.36. The molecule has 2 aromatic rings. The van der Waals surface area contributed by atoms with Crippen molar-refractivity contribution in [3.63, 3.8) is 0 Å². The van der Waals surface area contributed by atoms with Crippen LogP contribution in [0.1, 0.15) is 24.6 Å². The molecule has 1 aliphatic rings. The maximum Gasteiger partial charge on any atom is 0.223 e. The molecule has 0 atom stereocenters. The molecule has 1 aromatic carbocycles. The SMILES string of the molecule is C#CCCC(=O)N1CC(c2nc3ccccc3[nH]2)C1. The summed E-state index contributed by atoms with van der Waals surface area (Å²) in [5.41, 5.74) is 2.03. The van der Waals surface area contributed by atoms with Crippen molar-refractivity contribution in [1.29, 1.82) is 0 Å². The van der Waals surface area contributed by atoms with Crippen LogP contribution in [-0.2, 0) is 4.79 Å². The molecule has 1 fully saturated rings. The predicted octanol–water partition coefficient (Wildman–Crippen LogP) is 1.90. The second-order valence-electron chi connectivity index (χ2n) is 4.84. The van der Waals surface area contributed by atoms with Crippen molar-refractivity contribution in [2.75, 3.05) is 13.1 Å². The van der Waals surface area contributed by atoms with Crippen LogP contribution in [0.3, 0.4) is 0 Å². The third-order valence-electron chi connectivity index (χ3n) is 3.51. The molecular weight excluding hydrogens is 238 g/mol. The van der Waals surface area contributed by atoms with Crippen molar-refractivity contribution < 1.29 is 4.79 Å².